The molecule has 2 saturated heterocycles. The molecule has 5 rings (SSSR count). The molecule has 7 atom stereocenters. The van der Waals surface area contributed by atoms with E-state index >= 15 is 0 Å². The van der Waals surface area contributed by atoms with E-state index in [9.17, 15) is 43.2 Å². The van der Waals surface area contributed by atoms with Crippen LogP contribution in [0.1, 0.15) is 102 Å². The number of unbranched alkanes of at least 4 members (excludes halogenated alkanes) is 2. The summed E-state index contributed by atoms with van der Waals surface area (Å²) in [5.41, 5.74) is 13.5. The molecule has 2 aliphatic heterocycles. The maximum absolute atomic E-state index is 14.6. The van der Waals surface area contributed by atoms with Crippen molar-refractivity contribution in [1.29, 1.82) is 0 Å². The number of hydrogen-bond acceptors (Lipinski definition) is 11. The number of benzene rings is 1. The zero-order chi connectivity index (χ0) is 49.2. The second kappa shape index (κ2) is 25.9. The smallest absolute Gasteiger partial charge is 0.245 e. The third-order valence-corrected chi connectivity index (χ3v) is 12.1. The molecular weight excluding hydrogens is 879 g/mol. The topological polar surface area (TPSA) is 338 Å². The predicted molar refractivity (Wildman–Crippen MR) is 249 cm³/mol. The second-order valence-corrected chi connectivity index (χ2v) is 17.5. The van der Waals surface area contributed by atoms with E-state index in [1.54, 1.807) is 0 Å². The highest BCUT2D eigenvalue weighted by Crippen LogP contribution is 2.22. The van der Waals surface area contributed by atoms with Gasteiger partial charge in [-0.05, 0) is 81.9 Å². The minimum Gasteiger partial charge on any atom is -0.368 e. The number of aromatic amines is 2. The number of para-hydroxylation sites is 1. The van der Waals surface area contributed by atoms with Crippen LogP contribution in [0.5, 0.6) is 0 Å². The average Bonchev–Trinajstić information content (AvgIpc) is 4.10. The van der Waals surface area contributed by atoms with Gasteiger partial charge in [-0.1, -0.05) is 38.0 Å². The van der Waals surface area contributed by atoms with Crippen LogP contribution in [0, 0.1) is 0 Å². The number of nitrogens with zero attached hydrogens (tertiary/aromatic N) is 2. The van der Waals surface area contributed by atoms with Crippen LogP contribution in [-0.2, 0) is 56.0 Å². The zero-order valence-corrected chi connectivity index (χ0v) is 38.8. The molecule has 3 aromatic rings. The number of aromatic nitrogens is 3. The number of imidazole rings is 1. The first kappa shape index (κ1) is 52.1. The number of carbonyl (C=O) groups excluding carboxylic acids is 9. The summed E-state index contributed by atoms with van der Waals surface area (Å²) in [7, 11) is 0. The van der Waals surface area contributed by atoms with E-state index in [2.05, 4.69) is 52.2 Å². The summed E-state index contributed by atoms with van der Waals surface area (Å²) in [6.45, 7) is 3.71. The quantitative estimate of drug-likeness (QED) is 0.0829. The predicted octanol–water partition coefficient (Wildman–Crippen LogP) is -0.909. The van der Waals surface area contributed by atoms with Crippen LogP contribution < -0.4 is 48.7 Å². The van der Waals surface area contributed by atoms with Crippen LogP contribution >= 0.6 is 0 Å². The third-order valence-electron chi connectivity index (χ3n) is 12.1. The molecule has 13 N–H and O–H groups in total. The lowest BCUT2D eigenvalue weighted by Crippen LogP contribution is -2.60. The van der Waals surface area contributed by atoms with E-state index in [0.29, 0.717) is 62.9 Å². The van der Waals surface area contributed by atoms with Gasteiger partial charge in [0.15, 0.2) is 0 Å². The molecule has 68 heavy (non-hydrogen) atoms. The van der Waals surface area contributed by atoms with Crippen molar-refractivity contribution in [3.63, 3.8) is 0 Å². The van der Waals surface area contributed by atoms with Gasteiger partial charge < -0.3 is 63.6 Å². The van der Waals surface area contributed by atoms with Gasteiger partial charge in [0.2, 0.25) is 53.2 Å². The molecule has 1 aromatic carbocycles. The van der Waals surface area contributed by atoms with Crippen LogP contribution in [0.4, 0.5) is 0 Å². The van der Waals surface area contributed by atoms with Gasteiger partial charge in [0.1, 0.15) is 42.3 Å². The van der Waals surface area contributed by atoms with Crippen LogP contribution in [0.25, 0.3) is 10.9 Å². The maximum Gasteiger partial charge on any atom is 0.245 e. The number of H-pyrrole nitrogens is 2. The van der Waals surface area contributed by atoms with Crippen LogP contribution in [0.3, 0.4) is 0 Å². The summed E-state index contributed by atoms with van der Waals surface area (Å²) in [4.78, 5) is 135. The van der Waals surface area contributed by atoms with Crippen molar-refractivity contribution in [1.82, 2.24) is 57.1 Å². The molecule has 2 fully saturated rings. The van der Waals surface area contributed by atoms with Crippen molar-refractivity contribution in [2.75, 3.05) is 19.6 Å². The zero-order valence-electron chi connectivity index (χ0n) is 38.8. The Morgan fingerprint density at radius 3 is 2.26 bits per heavy atom. The van der Waals surface area contributed by atoms with Gasteiger partial charge in [0.25, 0.3) is 0 Å². The standard InChI is InChI=1S/C46H67N13O9/c1-3-4-13-33(52-27(2)60)41(63)57-37-24-39(61)50-19-10-8-15-32(40(48)62)54-42(64)35(22-29-21-28-12-5-6-14-31(28)53-29)58-45(67)38-17-11-20-59(38)46(68)34(16-7-9-18-47)55-43(65)36(56-44(37)66)23-30-25-49-26-51-30/h5-6,12,14,21,25-26,32-38,53H,3-4,7-11,13,15-20,22-24,47H2,1-2H3,(H2,48,62)(H,49,51)(H,50,61)(H,52,60)(H,54,64)(H,55,65)(H,56,66)(H,57,63)(H,58,67)/t32-,33-,34+,35-,36-,37-,38-/m0/s1. The van der Waals surface area contributed by atoms with E-state index in [1.807, 2.05) is 37.3 Å². The van der Waals surface area contributed by atoms with Crippen molar-refractivity contribution < 1.29 is 43.2 Å². The highest BCUT2D eigenvalue weighted by Gasteiger charge is 2.40. The molecule has 0 radical (unpaired) electrons. The molecule has 9 amide bonds. The number of primary amides is 1. The lowest BCUT2D eigenvalue weighted by molar-refractivity contribution is -0.142. The summed E-state index contributed by atoms with van der Waals surface area (Å²) in [5.74, 6) is -6.17. The minimum atomic E-state index is -1.53. The van der Waals surface area contributed by atoms with Crippen LogP contribution in [0.2, 0.25) is 0 Å². The van der Waals surface area contributed by atoms with Gasteiger partial charge in [0.05, 0.1) is 12.7 Å². The van der Waals surface area contributed by atoms with Crippen molar-refractivity contribution >= 4 is 64.1 Å². The van der Waals surface area contributed by atoms with Gasteiger partial charge in [-0.3, -0.25) is 43.2 Å². The normalized spacial score (nSPS) is 23.3. The van der Waals surface area contributed by atoms with Gasteiger partial charge in [-0.2, -0.15) is 0 Å². The summed E-state index contributed by atoms with van der Waals surface area (Å²) in [6, 6.07) is 0.843. The summed E-state index contributed by atoms with van der Waals surface area (Å²) in [6.07, 6.45) is 6.13. The van der Waals surface area contributed by atoms with E-state index in [-0.39, 0.29) is 51.6 Å². The molecule has 2 aliphatic rings. The Balaban J connectivity index is 1.49. The second-order valence-electron chi connectivity index (χ2n) is 17.5. The lowest BCUT2D eigenvalue weighted by Gasteiger charge is -2.31. The first-order valence-corrected chi connectivity index (χ1v) is 23.6. The van der Waals surface area contributed by atoms with Crippen LogP contribution in [-0.4, -0.2) is 135 Å². The van der Waals surface area contributed by atoms with E-state index in [0.717, 1.165) is 10.9 Å². The molecule has 22 nitrogen and oxygen atoms in total. The molecule has 0 spiro atoms. The maximum atomic E-state index is 14.6. The number of amides is 9. The van der Waals surface area contributed by atoms with Crippen molar-refractivity contribution in [3.8, 4) is 0 Å². The van der Waals surface area contributed by atoms with E-state index < -0.39 is 102 Å². The third kappa shape index (κ3) is 15.4. The highest BCUT2D eigenvalue weighted by molar-refractivity contribution is 5.99. The molecule has 370 valence electrons. The van der Waals surface area contributed by atoms with Gasteiger partial charge >= 0.3 is 0 Å². The molecule has 4 heterocycles. The number of rotatable bonds is 15. The molecule has 22 heteroatoms. The molecule has 0 bridgehead atoms. The Bertz CT molecular complexity index is 2200. The summed E-state index contributed by atoms with van der Waals surface area (Å²) in [5, 5.41) is 19.8. The Morgan fingerprint density at radius 2 is 1.57 bits per heavy atom. The van der Waals surface area contributed by atoms with Crippen LogP contribution in [0.15, 0.2) is 42.9 Å². The fraction of sp³-hybridized carbons (Fsp3) is 0.565. The average molecular weight is 946 g/mol. The fourth-order valence-corrected chi connectivity index (χ4v) is 8.48. The Hall–Kier alpha value is -6.84. The number of nitrogens with one attached hydrogen (secondary N) is 9. The van der Waals surface area contributed by atoms with Gasteiger partial charge in [-0.25, -0.2) is 4.98 Å². The first-order chi connectivity index (χ1) is 32.7. The minimum absolute atomic E-state index is 0.000269. The number of carbonyl (C=O) groups is 9. The van der Waals surface area contributed by atoms with Crippen molar-refractivity contribution in [3.05, 3.63) is 54.2 Å². The fourth-order valence-electron chi connectivity index (χ4n) is 8.48. The molecular formula is C46H67N13O9. The van der Waals surface area contributed by atoms with E-state index in [4.69, 9.17) is 11.5 Å². The number of nitrogens with two attached hydrogens (primary N) is 2. The SMILES string of the molecule is CCCC[C@H](NC(C)=O)C(=O)N[C@H]1CC(=O)NCCCC[C@@H](C(N)=O)NC(=O)[C@H](Cc2cc3ccccc3[nH]2)NC(=O)[C@@H]2CCCN2C(=O)[C@@H](CCCCN)NC(=O)[C@H](Cc2cnc[nH]2)NC1=O. The van der Waals surface area contributed by atoms with Crippen molar-refractivity contribution in [2.45, 2.75) is 146 Å². The number of fused-ring (bicyclic) bond motifs is 2. The summed E-state index contributed by atoms with van der Waals surface area (Å²) < 4.78 is 0. The highest BCUT2D eigenvalue weighted by atomic mass is 16.2. The monoisotopic (exact) mass is 946 g/mol. The van der Waals surface area contributed by atoms with Gasteiger partial charge in [0, 0.05) is 56.0 Å². The van der Waals surface area contributed by atoms with E-state index in [1.165, 1.54) is 24.3 Å². The Labute approximate surface area is 394 Å². The summed E-state index contributed by atoms with van der Waals surface area (Å²) >= 11 is 0. The number of hydrogen-bond donors (Lipinski definition) is 11. The molecule has 0 unspecified atom stereocenters. The Morgan fingerprint density at radius 1 is 0.853 bits per heavy atom. The first-order valence-electron chi connectivity index (χ1n) is 23.6. The molecule has 2 aromatic heterocycles. The van der Waals surface area contributed by atoms with Gasteiger partial charge in [-0.15, -0.1) is 0 Å². The molecule has 0 saturated carbocycles. The van der Waals surface area contributed by atoms with Crippen molar-refractivity contribution in [2.24, 2.45) is 11.5 Å². The Kier molecular flexibility index (Phi) is 19.9. The lowest BCUT2D eigenvalue weighted by atomic mass is 10.0. The largest absolute Gasteiger partial charge is 0.368 e. The molecule has 0 aliphatic carbocycles.